The van der Waals surface area contributed by atoms with Crippen LogP contribution in [0.15, 0.2) is 54.6 Å². The van der Waals surface area contributed by atoms with Crippen LogP contribution in [0.5, 0.6) is 0 Å². The minimum atomic E-state index is -2.19. The van der Waals surface area contributed by atoms with Crippen molar-refractivity contribution in [1.82, 2.24) is 10.2 Å². The summed E-state index contributed by atoms with van der Waals surface area (Å²) < 4.78 is 36.2. The first-order valence-corrected chi connectivity index (χ1v) is 16.6. The molecule has 206 valence electrons. The number of amides is 1. The molecule has 2 aliphatic rings. The maximum absolute atomic E-state index is 15.1. The van der Waals surface area contributed by atoms with Gasteiger partial charge in [0.15, 0.2) is 8.32 Å². The van der Waals surface area contributed by atoms with E-state index in [1.54, 1.807) is 0 Å². The van der Waals surface area contributed by atoms with Crippen molar-refractivity contribution in [2.24, 2.45) is 5.92 Å². The molecule has 2 unspecified atom stereocenters. The Balaban J connectivity index is 1.83. The van der Waals surface area contributed by atoms with Crippen LogP contribution in [0, 0.1) is 17.6 Å². The SMILES string of the molecule is CN(C(=O)C1CC(c2cc(F)ccc2F)=CC1(CO[Si](C)(C)C(C)(C)C)c1ccccc1)C1CCNCC1. The first kappa shape index (κ1) is 28.6. The van der Waals surface area contributed by atoms with Gasteiger partial charge in [-0.15, -0.1) is 0 Å². The van der Waals surface area contributed by atoms with Crippen LogP contribution in [-0.4, -0.2) is 51.9 Å². The molecule has 1 saturated heterocycles. The first-order valence-electron chi connectivity index (χ1n) is 13.7. The molecule has 7 heteroatoms. The molecule has 4 rings (SSSR count). The van der Waals surface area contributed by atoms with Crippen LogP contribution < -0.4 is 5.32 Å². The lowest BCUT2D eigenvalue weighted by molar-refractivity contribution is -0.138. The zero-order chi connectivity index (χ0) is 27.7. The Bertz CT molecular complexity index is 1170. The minimum Gasteiger partial charge on any atom is -0.416 e. The summed E-state index contributed by atoms with van der Waals surface area (Å²) in [4.78, 5) is 16.2. The van der Waals surface area contributed by atoms with E-state index >= 15 is 4.39 Å². The van der Waals surface area contributed by atoms with E-state index in [4.69, 9.17) is 4.43 Å². The summed E-state index contributed by atoms with van der Waals surface area (Å²) in [6.45, 7) is 13.1. The fraction of sp³-hybridized carbons (Fsp3) is 0.516. The van der Waals surface area contributed by atoms with Crippen molar-refractivity contribution in [3.8, 4) is 0 Å². The predicted octanol–water partition coefficient (Wildman–Crippen LogP) is 6.54. The highest BCUT2D eigenvalue weighted by Crippen LogP contribution is 2.50. The fourth-order valence-corrected chi connectivity index (χ4v) is 6.54. The van der Waals surface area contributed by atoms with Gasteiger partial charge in [-0.3, -0.25) is 4.79 Å². The van der Waals surface area contributed by atoms with Gasteiger partial charge >= 0.3 is 0 Å². The van der Waals surface area contributed by atoms with Crippen molar-refractivity contribution in [2.75, 3.05) is 26.7 Å². The molecular weight excluding hydrogens is 498 g/mol. The lowest BCUT2D eigenvalue weighted by Crippen LogP contribution is -2.52. The Labute approximate surface area is 227 Å². The number of carbonyl (C=O) groups is 1. The smallest absolute Gasteiger partial charge is 0.227 e. The molecule has 0 spiro atoms. The van der Waals surface area contributed by atoms with Crippen LogP contribution in [0.1, 0.15) is 51.2 Å². The lowest BCUT2D eigenvalue weighted by atomic mass is 9.72. The molecule has 2 aromatic carbocycles. The number of allylic oxidation sites excluding steroid dienone is 1. The van der Waals surface area contributed by atoms with Gasteiger partial charge in [-0.25, -0.2) is 8.78 Å². The molecule has 1 fully saturated rings. The fourth-order valence-electron chi connectivity index (χ4n) is 5.51. The Hall–Kier alpha value is -2.35. The summed E-state index contributed by atoms with van der Waals surface area (Å²) in [7, 11) is -0.301. The van der Waals surface area contributed by atoms with Crippen molar-refractivity contribution >= 4 is 19.8 Å². The number of nitrogens with zero attached hydrogens (tertiary/aromatic N) is 1. The molecule has 1 aliphatic carbocycles. The third-order valence-corrected chi connectivity index (χ3v) is 13.5. The van der Waals surface area contributed by atoms with Gasteiger partial charge in [-0.05, 0) is 79.8 Å². The second kappa shape index (κ2) is 11.0. The summed E-state index contributed by atoms with van der Waals surface area (Å²) in [5, 5.41) is 3.35. The average Bonchev–Trinajstić information content (AvgIpc) is 3.29. The van der Waals surface area contributed by atoms with Crippen molar-refractivity contribution in [2.45, 2.75) is 69.6 Å². The molecule has 2 atom stereocenters. The van der Waals surface area contributed by atoms with Crippen molar-refractivity contribution in [3.63, 3.8) is 0 Å². The Morgan fingerprint density at radius 2 is 1.76 bits per heavy atom. The number of benzene rings is 2. The number of nitrogens with one attached hydrogen (secondary N) is 1. The molecule has 0 bridgehead atoms. The van der Waals surface area contributed by atoms with E-state index < -0.39 is 31.3 Å². The number of hydrogen-bond acceptors (Lipinski definition) is 3. The molecule has 1 N–H and O–H groups in total. The molecule has 1 amide bonds. The summed E-state index contributed by atoms with van der Waals surface area (Å²) in [5.41, 5.74) is 1.03. The number of carbonyl (C=O) groups excluding carboxylic acids is 1. The van der Waals surface area contributed by atoms with Gasteiger partial charge in [0.05, 0.1) is 5.92 Å². The van der Waals surface area contributed by atoms with E-state index in [0.717, 1.165) is 43.6 Å². The molecule has 4 nitrogen and oxygen atoms in total. The highest BCUT2D eigenvalue weighted by molar-refractivity contribution is 6.74. The van der Waals surface area contributed by atoms with Gasteiger partial charge in [-0.2, -0.15) is 0 Å². The lowest BCUT2D eigenvalue weighted by Gasteiger charge is -2.43. The van der Waals surface area contributed by atoms with Gasteiger partial charge in [-0.1, -0.05) is 57.2 Å². The first-order chi connectivity index (χ1) is 17.9. The van der Waals surface area contributed by atoms with Crippen LogP contribution in [0.3, 0.4) is 0 Å². The van der Waals surface area contributed by atoms with Gasteiger partial charge < -0.3 is 14.6 Å². The standard InChI is InChI=1S/C31H42F2N2O2Si/c1-30(2,3)38(5,6)37-21-31(23-10-8-7-9-11-23)20-22(26-19-24(32)12-13-28(26)33)18-27(31)29(36)35(4)25-14-16-34-17-15-25/h7-13,19-20,25,27,34H,14-18,21H2,1-6H3. The summed E-state index contributed by atoms with van der Waals surface area (Å²) in [6.07, 6.45) is 4.12. The van der Waals surface area contributed by atoms with E-state index in [1.165, 1.54) is 6.07 Å². The molecule has 1 aliphatic heterocycles. The van der Waals surface area contributed by atoms with E-state index in [9.17, 15) is 9.18 Å². The van der Waals surface area contributed by atoms with Crippen molar-refractivity contribution < 1.29 is 18.0 Å². The normalized spacial score (nSPS) is 22.8. The molecule has 38 heavy (non-hydrogen) atoms. The van der Waals surface area contributed by atoms with Crippen LogP contribution in [-0.2, 0) is 14.6 Å². The second-order valence-electron chi connectivity index (χ2n) is 12.4. The third-order valence-electron chi connectivity index (χ3n) is 9.04. The van der Waals surface area contributed by atoms with Crippen LogP contribution in [0.4, 0.5) is 8.78 Å². The Morgan fingerprint density at radius 3 is 2.39 bits per heavy atom. The van der Waals surface area contributed by atoms with Crippen LogP contribution >= 0.6 is 0 Å². The van der Waals surface area contributed by atoms with Crippen LogP contribution in [0.25, 0.3) is 5.57 Å². The topological polar surface area (TPSA) is 41.6 Å². The Kier molecular flexibility index (Phi) is 8.31. The highest BCUT2D eigenvalue weighted by Gasteiger charge is 2.51. The second-order valence-corrected chi connectivity index (χ2v) is 17.2. The summed E-state index contributed by atoms with van der Waals surface area (Å²) >= 11 is 0. The minimum absolute atomic E-state index is 0.0178. The zero-order valence-corrected chi connectivity index (χ0v) is 24.6. The number of hydrogen-bond donors (Lipinski definition) is 1. The Morgan fingerprint density at radius 1 is 1.11 bits per heavy atom. The molecular formula is C31H42F2N2O2Si. The van der Waals surface area contributed by atoms with E-state index in [-0.39, 0.29) is 22.6 Å². The van der Waals surface area contributed by atoms with Crippen molar-refractivity contribution in [3.05, 3.63) is 77.4 Å². The maximum Gasteiger partial charge on any atom is 0.227 e. The van der Waals surface area contributed by atoms with Gasteiger partial charge in [0.1, 0.15) is 11.6 Å². The molecule has 0 radical (unpaired) electrons. The third kappa shape index (κ3) is 5.65. The average molecular weight is 541 g/mol. The van der Waals surface area contributed by atoms with Crippen LogP contribution in [0.2, 0.25) is 18.1 Å². The molecule has 0 aromatic heterocycles. The van der Waals surface area contributed by atoms with E-state index in [0.29, 0.717) is 18.6 Å². The quantitative estimate of drug-likeness (QED) is 0.406. The monoisotopic (exact) mass is 540 g/mol. The number of halogens is 2. The summed E-state index contributed by atoms with van der Waals surface area (Å²) in [5.74, 6) is -1.44. The van der Waals surface area contributed by atoms with Gasteiger partial charge in [0.25, 0.3) is 0 Å². The van der Waals surface area contributed by atoms with E-state index in [2.05, 4.69) is 39.2 Å². The summed E-state index contributed by atoms with van der Waals surface area (Å²) in [6, 6.07) is 13.6. The molecule has 2 aromatic rings. The number of piperidine rings is 1. The molecule has 0 saturated carbocycles. The molecule has 1 heterocycles. The zero-order valence-electron chi connectivity index (χ0n) is 23.6. The van der Waals surface area contributed by atoms with E-state index in [1.807, 2.05) is 48.4 Å². The largest absolute Gasteiger partial charge is 0.416 e. The predicted molar refractivity (Wildman–Crippen MR) is 152 cm³/mol. The van der Waals surface area contributed by atoms with Gasteiger partial charge in [0.2, 0.25) is 5.91 Å². The highest BCUT2D eigenvalue weighted by atomic mass is 28.4. The van der Waals surface area contributed by atoms with Crippen molar-refractivity contribution in [1.29, 1.82) is 0 Å². The van der Waals surface area contributed by atoms with Gasteiger partial charge in [0, 0.05) is 30.7 Å². The number of rotatable bonds is 7. The maximum atomic E-state index is 15.1.